The van der Waals surface area contributed by atoms with Gasteiger partial charge in [0, 0.05) is 0 Å². The molecule has 1 atom stereocenters. The zero-order valence-corrected chi connectivity index (χ0v) is 12.9. The summed E-state index contributed by atoms with van der Waals surface area (Å²) in [6.45, 7) is 0. The minimum atomic E-state index is 0. The number of allylic oxidation sites excluding steroid dienone is 1. The molecule has 0 saturated heterocycles. The van der Waals surface area contributed by atoms with Crippen molar-refractivity contribution in [1.29, 1.82) is 0 Å². The average molecular weight is 342 g/mol. The summed E-state index contributed by atoms with van der Waals surface area (Å²) in [5.41, 5.74) is 2.81. The Bertz CT molecular complexity index is 520. The van der Waals surface area contributed by atoms with Crippen molar-refractivity contribution in [1.82, 2.24) is 4.57 Å². The SMILES string of the molecule is [Cl-].[Cl-].[Zr+2][C]1=Cc2ccccc2C1n1cccc1. The fraction of sp³-hybridized carbons (Fsp3) is 0.0769. The van der Waals surface area contributed by atoms with E-state index in [9.17, 15) is 0 Å². The van der Waals surface area contributed by atoms with Gasteiger partial charge in [-0.1, -0.05) is 0 Å². The van der Waals surface area contributed by atoms with E-state index in [4.69, 9.17) is 0 Å². The second-order valence-corrected chi connectivity index (χ2v) is 5.18. The van der Waals surface area contributed by atoms with Crippen molar-refractivity contribution in [2.24, 2.45) is 0 Å². The van der Waals surface area contributed by atoms with Gasteiger partial charge in [-0.05, 0) is 0 Å². The number of fused-ring (bicyclic) bond motifs is 1. The molecule has 85 valence electrons. The van der Waals surface area contributed by atoms with Gasteiger partial charge in [0.2, 0.25) is 0 Å². The van der Waals surface area contributed by atoms with Crippen LogP contribution >= 0.6 is 0 Å². The Labute approximate surface area is 129 Å². The second kappa shape index (κ2) is 6.04. The summed E-state index contributed by atoms with van der Waals surface area (Å²) in [5, 5.41) is 0. The summed E-state index contributed by atoms with van der Waals surface area (Å²) in [6, 6.07) is 13.3. The molecule has 4 heteroatoms. The Morgan fingerprint density at radius 3 is 2.29 bits per heavy atom. The van der Waals surface area contributed by atoms with Crippen LogP contribution in [-0.4, -0.2) is 4.57 Å². The average Bonchev–Trinajstić information content (AvgIpc) is 2.82. The Balaban J connectivity index is 0.000000722. The first-order valence-electron chi connectivity index (χ1n) is 5.01. The van der Waals surface area contributed by atoms with Crippen LogP contribution in [0.2, 0.25) is 0 Å². The van der Waals surface area contributed by atoms with E-state index in [0.717, 1.165) is 0 Å². The van der Waals surface area contributed by atoms with E-state index in [1.54, 1.807) is 0 Å². The third-order valence-corrected chi connectivity index (χ3v) is 3.85. The third-order valence-electron chi connectivity index (χ3n) is 2.82. The molecular weight excluding hydrogens is 332 g/mol. The molecule has 0 spiro atoms. The number of rotatable bonds is 1. The Hall–Kier alpha value is -0.297. The predicted octanol–water partition coefficient (Wildman–Crippen LogP) is -3.01. The van der Waals surface area contributed by atoms with Crippen LogP contribution in [0.3, 0.4) is 0 Å². The van der Waals surface area contributed by atoms with E-state index in [1.165, 1.54) is 39.1 Å². The van der Waals surface area contributed by atoms with E-state index in [-0.39, 0.29) is 24.8 Å². The number of aromatic nitrogens is 1. The Kier molecular flexibility index (Phi) is 5.25. The summed E-state index contributed by atoms with van der Waals surface area (Å²) in [5.74, 6) is 0. The monoisotopic (exact) mass is 340 g/mol. The van der Waals surface area contributed by atoms with Gasteiger partial charge in [0.05, 0.1) is 0 Å². The molecular formula is C13H10Cl2NZr. The molecule has 1 unspecified atom stereocenters. The molecule has 2 aromatic rings. The fourth-order valence-electron chi connectivity index (χ4n) is 2.15. The van der Waals surface area contributed by atoms with Crippen LogP contribution in [0.1, 0.15) is 17.2 Å². The van der Waals surface area contributed by atoms with E-state index in [0.29, 0.717) is 6.04 Å². The van der Waals surface area contributed by atoms with Gasteiger partial charge in [-0.2, -0.15) is 0 Å². The van der Waals surface area contributed by atoms with Crippen molar-refractivity contribution in [3.05, 3.63) is 63.2 Å². The van der Waals surface area contributed by atoms with Gasteiger partial charge in [-0.15, -0.1) is 0 Å². The predicted molar refractivity (Wildman–Crippen MR) is 57.0 cm³/mol. The van der Waals surface area contributed by atoms with E-state index < -0.39 is 0 Å². The number of hydrogen-bond donors (Lipinski definition) is 0. The van der Waals surface area contributed by atoms with E-state index >= 15 is 0 Å². The van der Waals surface area contributed by atoms with E-state index in [1.807, 2.05) is 0 Å². The van der Waals surface area contributed by atoms with Crippen LogP contribution in [0.4, 0.5) is 0 Å². The number of nitrogens with zero attached hydrogens (tertiary/aromatic N) is 1. The zero-order chi connectivity index (χ0) is 10.3. The molecule has 17 heavy (non-hydrogen) atoms. The fourth-order valence-corrected chi connectivity index (χ4v) is 3.28. The van der Waals surface area contributed by atoms with Crippen LogP contribution in [0.5, 0.6) is 0 Å². The first kappa shape index (κ1) is 14.8. The maximum absolute atomic E-state index is 2.32. The summed E-state index contributed by atoms with van der Waals surface area (Å²) in [6.07, 6.45) is 6.60. The van der Waals surface area contributed by atoms with Gasteiger partial charge in [0.1, 0.15) is 0 Å². The summed E-state index contributed by atoms with van der Waals surface area (Å²) in [4.78, 5) is 0. The molecule has 1 aromatic heterocycles. The van der Waals surface area contributed by atoms with Gasteiger partial charge >= 0.3 is 105 Å². The molecule has 0 aliphatic heterocycles. The maximum atomic E-state index is 2.32. The standard InChI is InChI=1S/C13H10N.2ClH.Zr/c1-2-6-12-11(5-1)7-8-13(12)14-9-3-4-10-14;;;/h1-7,9-10,13H;2*1H;/q;;;+2/p-2. The molecule has 0 amide bonds. The molecule has 1 aliphatic carbocycles. The first-order chi connectivity index (χ1) is 7.36. The van der Waals surface area contributed by atoms with Crippen molar-refractivity contribution in [2.45, 2.75) is 6.04 Å². The summed E-state index contributed by atoms with van der Waals surface area (Å²) in [7, 11) is 0. The molecule has 0 fully saturated rings. The number of benzene rings is 1. The molecule has 0 saturated carbocycles. The molecule has 0 N–H and O–H groups in total. The van der Waals surface area contributed by atoms with Crippen LogP contribution < -0.4 is 24.8 Å². The molecule has 0 radical (unpaired) electrons. The second-order valence-electron chi connectivity index (χ2n) is 3.76. The quantitative estimate of drug-likeness (QED) is 0.520. The summed E-state index contributed by atoms with van der Waals surface area (Å²) < 4.78 is 3.78. The van der Waals surface area contributed by atoms with Crippen molar-refractivity contribution >= 4 is 6.08 Å². The molecule has 1 nitrogen and oxygen atoms in total. The van der Waals surface area contributed by atoms with Crippen molar-refractivity contribution in [3.8, 4) is 0 Å². The topological polar surface area (TPSA) is 4.93 Å². The minimum absolute atomic E-state index is 0. The molecule has 1 aromatic carbocycles. The molecule has 0 bridgehead atoms. The molecule has 3 rings (SSSR count). The van der Waals surface area contributed by atoms with Crippen LogP contribution in [0.15, 0.2) is 52.1 Å². The first-order valence-corrected chi connectivity index (χ1v) is 6.24. The number of hydrogen-bond acceptors (Lipinski definition) is 0. The van der Waals surface area contributed by atoms with Gasteiger partial charge in [-0.3, -0.25) is 0 Å². The summed E-state index contributed by atoms with van der Waals surface area (Å²) >= 11 is 1.50. The van der Waals surface area contributed by atoms with Crippen LogP contribution in [0, 0.1) is 0 Å². The van der Waals surface area contributed by atoms with Crippen molar-refractivity contribution in [3.63, 3.8) is 0 Å². The van der Waals surface area contributed by atoms with Crippen molar-refractivity contribution in [2.75, 3.05) is 0 Å². The molecule has 1 heterocycles. The van der Waals surface area contributed by atoms with Gasteiger partial charge < -0.3 is 24.8 Å². The van der Waals surface area contributed by atoms with Gasteiger partial charge in [0.15, 0.2) is 0 Å². The van der Waals surface area contributed by atoms with Gasteiger partial charge in [0.25, 0.3) is 0 Å². The Morgan fingerprint density at radius 2 is 1.59 bits per heavy atom. The Morgan fingerprint density at radius 1 is 0.941 bits per heavy atom. The normalized spacial score (nSPS) is 16.6. The third kappa shape index (κ3) is 2.60. The number of halogens is 2. The van der Waals surface area contributed by atoms with Crippen LogP contribution in [-0.2, 0) is 24.7 Å². The zero-order valence-electron chi connectivity index (χ0n) is 8.98. The van der Waals surface area contributed by atoms with Crippen molar-refractivity contribution < 1.29 is 49.5 Å². The van der Waals surface area contributed by atoms with Crippen LogP contribution in [0.25, 0.3) is 6.08 Å². The molecule has 1 aliphatic rings. The van der Waals surface area contributed by atoms with Gasteiger partial charge in [-0.25, -0.2) is 0 Å². The van der Waals surface area contributed by atoms with E-state index in [2.05, 4.69) is 59.4 Å².